The van der Waals surface area contributed by atoms with E-state index in [2.05, 4.69) is 28.7 Å². The van der Waals surface area contributed by atoms with Gasteiger partial charge in [0.05, 0.1) is 40.7 Å². The van der Waals surface area contributed by atoms with E-state index in [0.29, 0.717) is 13.0 Å². The number of aliphatic hydroxyl groups is 1. The molecule has 2 aromatic carbocycles. The molecule has 2 atom stereocenters. The lowest BCUT2D eigenvalue weighted by Crippen LogP contribution is -2.34. The van der Waals surface area contributed by atoms with Gasteiger partial charge in [-0.05, 0) is 36.2 Å². The van der Waals surface area contributed by atoms with E-state index in [1.165, 1.54) is 31.5 Å². The van der Waals surface area contributed by atoms with Gasteiger partial charge in [-0.2, -0.15) is 0 Å². The molecule has 4 aromatic rings. The van der Waals surface area contributed by atoms with E-state index >= 15 is 0 Å². The van der Waals surface area contributed by atoms with Gasteiger partial charge in [0.1, 0.15) is 22.8 Å². The van der Waals surface area contributed by atoms with Gasteiger partial charge in [-0.3, -0.25) is 4.79 Å². The highest BCUT2D eigenvalue weighted by Gasteiger charge is 2.33. The Morgan fingerprint density at radius 2 is 2.08 bits per heavy atom. The predicted octanol–water partition coefficient (Wildman–Crippen LogP) is 4.35. The lowest BCUT2D eigenvalue weighted by atomic mass is 10.0. The van der Waals surface area contributed by atoms with Crippen LogP contribution in [0.15, 0.2) is 42.6 Å². The van der Waals surface area contributed by atoms with Gasteiger partial charge >= 0.3 is 0 Å². The van der Waals surface area contributed by atoms with Gasteiger partial charge in [-0.1, -0.05) is 26.0 Å². The molecule has 0 unspecified atom stereocenters. The van der Waals surface area contributed by atoms with Crippen LogP contribution in [-0.2, 0) is 6.42 Å². The van der Waals surface area contributed by atoms with Crippen LogP contribution in [0.1, 0.15) is 47.2 Å². The molecule has 0 spiro atoms. The lowest BCUT2D eigenvalue weighted by molar-refractivity contribution is 0.0988. The van der Waals surface area contributed by atoms with E-state index in [-0.39, 0.29) is 59.6 Å². The van der Waals surface area contributed by atoms with Gasteiger partial charge in [0.15, 0.2) is 11.6 Å². The molecular formula is C28H30FN5O3S. The smallest absolute Gasteiger partial charge is 0.185 e. The van der Waals surface area contributed by atoms with Crippen LogP contribution in [0, 0.1) is 5.82 Å². The number of aliphatic hydroxyl groups excluding tert-OH is 1. The summed E-state index contributed by atoms with van der Waals surface area (Å²) in [5.41, 5.74) is 8.98. The molecule has 1 saturated heterocycles. The van der Waals surface area contributed by atoms with E-state index in [0.717, 1.165) is 26.5 Å². The third-order valence-electron chi connectivity index (χ3n) is 6.78. The average molecular weight is 536 g/mol. The Hall–Kier alpha value is -3.47. The van der Waals surface area contributed by atoms with Crippen LogP contribution in [0.2, 0.25) is 0 Å². The molecule has 1 aliphatic rings. The van der Waals surface area contributed by atoms with Gasteiger partial charge in [0, 0.05) is 31.1 Å². The molecule has 3 N–H and O–H groups in total. The lowest BCUT2D eigenvalue weighted by Gasteiger charge is -2.28. The highest BCUT2D eigenvalue weighted by molar-refractivity contribution is 7.18. The molecule has 0 saturated carbocycles. The summed E-state index contributed by atoms with van der Waals surface area (Å²) < 4.78 is 21.0. The van der Waals surface area contributed by atoms with Crippen LogP contribution >= 0.6 is 11.3 Å². The third kappa shape index (κ3) is 4.87. The standard InChI is InChI=1S/C28H30FN5O3S/c1-15(2)28-33-25-23(38-28)8-7-16(26(25)34-13-17(30)12-18(34)14-35)11-21(36)20-9-10-31-27(32-20)24-19(29)5-4-6-22(24)37-3/h4-10,15,17-18,35H,11-14,30H2,1-3H3/t17-,18-/m0/s1. The van der Waals surface area contributed by atoms with E-state index in [4.69, 9.17) is 15.5 Å². The molecule has 198 valence electrons. The fourth-order valence-corrected chi connectivity index (χ4v) is 5.91. The van der Waals surface area contributed by atoms with Crippen LogP contribution < -0.4 is 15.4 Å². The van der Waals surface area contributed by atoms with E-state index in [1.54, 1.807) is 17.4 Å². The number of Topliss-reactive ketones (excluding diaryl/α,β-unsaturated/α-hetero) is 1. The minimum absolute atomic E-state index is 0.0433. The quantitative estimate of drug-likeness (QED) is 0.320. The number of hydrogen-bond acceptors (Lipinski definition) is 9. The monoisotopic (exact) mass is 535 g/mol. The van der Waals surface area contributed by atoms with Gasteiger partial charge in [-0.15, -0.1) is 11.3 Å². The van der Waals surface area contributed by atoms with Crippen LogP contribution in [0.4, 0.5) is 10.1 Å². The van der Waals surface area contributed by atoms with Crippen molar-refractivity contribution in [1.29, 1.82) is 0 Å². The van der Waals surface area contributed by atoms with Crippen LogP contribution in [0.5, 0.6) is 5.75 Å². The SMILES string of the molecule is COc1cccc(F)c1-c1nccc(C(=O)Cc2ccc3sc(C(C)C)nc3c2N2C[C@@H](N)C[C@H]2CO)n1. The summed E-state index contributed by atoms with van der Waals surface area (Å²) >= 11 is 1.63. The highest BCUT2D eigenvalue weighted by Crippen LogP contribution is 2.39. The molecule has 2 aromatic heterocycles. The summed E-state index contributed by atoms with van der Waals surface area (Å²) in [6.45, 7) is 4.71. The second-order valence-corrected chi connectivity index (χ2v) is 10.9. The maximum atomic E-state index is 14.6. The molecule has 38 heavy (non-hydrogen) atoms. The van der Waals surface area contributed by atoms with Crippen molar-refractivity contribution in [2.45, 2.75) is 44.7 Å². The van der Waals surface area contributed by atoms with Gasteiger partial charge in [0.2, 0.25) is 0 Å². The molecule has 10 heteroatoms. The number of thiazole rings is 1. The van der Waals surface area contributed by atoms with Crippen molar-refractivity contribution < 1.29 is 19.0 Å². The summed E-state index contributed by atoms with van der Waals surface area (Å²) in [4.78, 5) is 29.2. The van der Waals surface area contributed by atoms with E-state index < -0.39 is 5.82 Å². The Morgan fingerprint density at radius 1 is 1.26 bits per heavy atom. The molecule has 8 nitrogen and oxygen atoms in total. The first-order valence-corrected chi connectivity index (χ1v) is 13.4. The zero-order chi connectivity index (χ0) is 27.0. The number of nitrogens with two attached hydrogens (primary N) is 1. The highest BCUT2D eigenvalue weighted by atomic mass is 32.1. The van der Waals surface area contributed by atoms with Crippen molar-refractivity contribution in [3.63, 3.8) is 0 Å². The van der Waals surface area contributed by atoms with Gasteiger partial charge < -0.3 is 20.5 Å². The first kappa shape index (κ1) is 26.1. The topological polar surface area (TPSA) is 114 Å². The third-order valence-corrected chi connectivity index (χ3v) is 8.11. The number of hydrogen-bond donors (Lipinski definition) is 2. The molecule has 1 fully saturated rings. The first-order valence-electron chi connectivity index (χ1n) is 12.5. The fourth-order valence-electron chi connectivity index (χ4n) is 4.94. The fraction of sp³-hybridized carbons (Fsp3) is 0.357. The molecule has 0 aliphatic carbocycles. The molecular weight excluding hydrogens is 505 g/mol. The Morgan fingerprint density at radius 3 is 2.82 bits per heavy atom. The molecule has 0 bridgehead atoms. The molecule has 5 rings (SSSR count). The molecule has 1 aliphatic heterocycles. The van der Waals surface area contributed by atoms with Crippen molar-refractivity contribution in [1.82, 2.24) is 15.0 Å². The van der Waals surface area contributed by atoms with Crippen molar-refractivity contribution in [2.24, 2.45) is 5.73 Å². The Bertz CT molecular complexity index is 1490. The summed E-state index contributed by atoms with van der Waals surface area (Å²) in [6, 6.07) is 9.67. The van der Waals surface area contributed by atoms with Crippen molar-refractivity contribution in [3.8, 4) is 17.1 Å². The number of ketones is 1. The summed E-state index contributed by atoms with van der Waals surface area (Å²) in [6.07, 6.45) is 2.15. The number of ether oxygens (including phenoxy) is 1. The minimum Gasteiger partial charge on any atom is -0.496 e. The maximum absolute atomic E-state index is 14.6. The number of fused-ring (bicyclic) bond motifs is 1. The number of halogens is 1. The molecule has 3 heterocycles. The Kier molecular flexibility index (Phi) is 7.38. The number of rotatable bonds is 8. The summed E-state index contributed by atoms with van der Waals surface area (Å²) in [5.74, 6) is -0.158. The number of nitrogens with zero attached hydrogens (tertiary/aromatic N) is 4. The largest absolute Gasteiger partial charge is 0.496 e. The predicted molar refractivity (Wildman–Crippen MR) is 147 cm³/mol. The number of anilines is 1. The zero-order valence-electron chi connectivity index (χ0n) is 21.5. The van der Waals surface area contributed by atoms with Crippen LogP contribution in [0.25, 0.3) is 21.6 Å². The summed E-state index contributed by atoms with van der Waals surface area (Å²) in [7, 11) is 1.44. The minimum atomic E-state index is -0.536. The van der Waals surface area contributed by atoms with Crippen LogP contribution in [0.3, 0.4) is 0 Å². The second-order valence-electron chi connectivity index (χ2n) is 9.79. The molecule has 0 radical (unpaired) electrons. The normalized spacial score (nSPS) is 17.5. The first-order chi connectivity index (χ1) is 18.3. The van der Waals surface area contributed by atoms with Crippen molar-refractivity contribution in [2.75, 3.05) is 25.2 Å². The number of methoxy groups -OCH3 is 1. The summed E-state index contributed by atoms with van der Waals surface area (Å²) in [5, 5.41) is 11.1. The van der Waals surface area contributed by atoms with Gasteiger partial charge in [0.25, 0.3) is 0 Å². The molecule has 0 amide bonds. The van der Waals surface area contributed by atoms with Crippen molar-refractivity contribution in [3.05, 3.63) is 64.7 Å². The van der Waals surface area contributed by atoms with Crippen molar-refractivity contribution >= 4 is 33.0 Å². The second kappa shape index (κ2) is 10.7. The number of aromatic nitrogens is 3. The number of carbonyl (C=O) groups is 1. The number of benzene rings is 2. The average Bonchev–Trinajstić information content (AvgIpc) is 3.51. The zero-order valence-corrected chi connectivity index (χ0v) is 22.3. The maximum Gasteiger partial charge on any atom is 0.185 e. The van der Waals surface area contributed by atoms with Crippen LogP contribution in [-0.4, -0.2) is 58.2 Å². The van der Waals surface area contributed by atoms with Gasteiger partial charge in [-0.25, -0.2) is 19.3 Å². The van der Waals surface area contributed by atoms with E-state index in [9.17, 15) is 14.3 Å². The Labute approximate surface area is 224 Å². The Balaban J connectivity index is 1.55. The van der Waals surface area contributed by atoms with E-state index in [1.807, 2.05) is 12.1 Å². The number of carbonyl (C=O) groups excluding carboxylic acids is 1.